The highest BCUT2D eigenvalue weighted by Crippen LogP contribution is 2.43. The Morgan fingerprint density at radius 1 is 1.36 bits per heavy atom. The van der Waals surface area contributed by atoms with Crippen LogP contribution in [0, 0.1) is 11.3 Å². The fraction of sp³-hybridized carbons (Fsp3) is 0.200. The van der Waals surface area contributed by atoms with Crippen molar-refractivity contribution in [3.8, 4) is 6.07 Å². The number of rotatable bonds is 1. The van der Waals surface area contributed by atoms with Crippen molar-refractivity contribution in [1.82, 2.24) is 0 Å². The molecule has 0 atom stereocenters. The molecule has 0 aromatic heterocycles. The molecule has 25 heavy (non-hydrogen) atoms. The molecular formula is C15H11BrClF3N4O. The van der Waals surface area contributed by atoms with E-state index in [1.165, 1.54) is 12.1 Å². The number of hydrogen-bond acceptors (Lipinski definition) is 5. The number of hydrogen-bond donors (Lipinski definition) is 1. The third-order valence-electron chi connectivity index (χ3n) is 3.55. The lowest BCUT2D eigenvalue weighted by molar-refractivity contribution is -0.137. The van der Waals surface area contributed by atoms with Crippen molar-refractivity contribution in [1.29, 1.82) is 5.26 Å². The summed E-state index contributed by atoms with van der Waals surface area (Å²) in [7, 11) is 0. The predicted octanol–water partition coefficient (Wildman–Crippen LogP) is 3.72. The summed E-state index contributed by atoms with van der Waals surface area (Å²) in [4.78, 5) is 0. The number of allylic oxidation sites excluding steroid dienone is 1. The first-order valence-electron chi connectivity index (χ1n) is 6.76. The zero-order chi connectivity index (χ0) is 17.5. The molecule has 10 heteroatoms. The van der Waals surface area contributed by atoms with E-state index in [1.807, 2.05) is 6.07 Å². The standard InChI is InChI=1S/C15H10BrF3N4O.ClH/c16-11-3-1-2-10(15(17,18)19)13(11)23-14(21)9(6-20)8-4-5-24-7-12(8)22-23;/h1-4H,5,7,21H2;1H. The summed E-state index contributed by atoms with van der Waals surface area (Å²) >= 11 is 3.11. The summed E-state index contributed by atoms with van der Waals surface area (Å²) in [6.45, 7) is 0.377. The van der Waals surface area contributed by atoms with Crippen LogP contribution in [-0.4, -0.2) is 18.9 Å². The fourth-order valence-corrected chi connectivity index (χ4v) is 3.02. The van der Waals surface area contributed by atoms with Crippen LogP contribution in [0.4, 0.5) is 18.9 Å². The number of alkyl halides is 3. The molecule has 0 saturated heterocycles. The number of fused-ring (bicyclic) bond motifs is 1. The number of anilines is 1. The molecule has 2 aliphatic heterocycles. The van der Waals surface area contributed by atoms with Gasteiger partial charge in [0.2, 0.25) is 0 Å². The Balaban J connectivity index is 0.00000225. The van der Waals surface area contributed by atoms with Crippen molar-refractivity contribution in [2.75, 3.05) is 18.2 Å². The molecule has 132 valence electrons. The van der Waals surface area contributed by atoms with Gasteiger partial charge in [-0.2, -0.15) is 23.5 Å². The van der Waals surface area contributed by atoms with Crippen LogP contribution in [0.2, 0.25) is 0 Å². The van der Waals surface area contributed by atoms with Crippen LogP contribution in [0.25, 0.3) is 0 Å². The second-order valence-electron chi connectivity index (χ2n) is 5.00. The normalized spacial score (nSPS) is 17.2. The summed E-state index contributed by atoms with van der Waals surface area (Å²) in [6.07, 6.45) is -2.97. The quantitative estimate of drug-likeness (QED) is 0.730. The molecular weight excluding hydrogens is 425 g/mol. The van der Waals surface area contributed by atoms with Gasteiger partial charge in [0.1, 0.15) is 17.5 Å². The third-order valence-corrected chi connectivity index (χ3v) is 4.19. The highest BCUT2D eigenvalue weighted by molar-refractivity contribution is 9.10. The van der Waals surface area contributed by atoms with Gasteiger partial charge < -0.3 is 10.5 Å². The number of halogens is 5. The summed E-state index contributed by atoms with van der Waals surface area (Å²) in [5, 5.41) is 14.5. The van der Waals surface area contributed by atoms with Gasteiger partial charge in [-0.25, -0.2) is 5.01 Å². The number of ether oxygens (including phenoxy) is 1. The zero-order valence-corrected chi connectivity index (χ0v) is 14.9. The first kappa shape index (κ1) is 19.3. The maximum atomic E-state index is 13.4. The highest BCUT2D eigenvalue weighted by Gasteiger charge is 2.38. The molecule has 0 bridgehead atoms. The summed E-state index contributed by atoms with van der Waals surface area (Å²) in [5.41, 5.74) is 5.71. The maximum Gasteiger partial charge on any atom is 0.418 e. The molecule has 0 saturated carbocycles. The predicted molar refractivity (Wildman–Crippen MR) is 92.0 cm³/mol. The lowest BCUT2D eigenvalue weighted by atomic mass is 9.99. The largest absolute Gasteiger partial charge is 0.418 e. The molecule has 2 N–H and O–H groups in total. The van der Waals surface area contributed by atoms with Crippen molar-refractivity contribution < 1.29 is 17.9 Å². The van der Waals surface area contributed by atoms with E-state index in [0.29, 0.717) is 11.3 Å². The molecule has 0 fully saturated rings. The summed E-state index contributed by atoms with van der Waals surface area (Å²) in [6, 6.07) is 5.60. The van der Waals surface area contributed by atoms with E-state index in [9.17, 15) is 18.4 Å². The van der Waals surface area contributed by atoms with Crippen molar-refractivity contribution in [3.63, 3.8) is 0 Å². The van der Waals surface area contributed by atoms with Gasteiger partial charge in [0.15, 0.2) is 0 Å². The average molecular weight is 436 g/mol. The van der Waals surface area contributed by atoms with E-state index < -0.39 is 11.7 Å². The SMILES string of the molecule is Cl.N#CC1=C(N)N(c2c(Br)cccc2C(F)(F)F)N=C2COCC=C21. The van der Waals surface area contributed by atoms with Gasteiger partial charge in [0.05, 0.1) is 30.2 Å². The molecule has 0 spiro atoms. The number of benzene rings is 1. The van der Waals surface area contributed by atoms with Gasteiger partial charge in [-0.1, -0.05) is 6.07 Å². The lowest BCUT2D eigenvalue weighted by Gasteiger charge is -2.31. The van der Waals surface area contributed by atoms with Gasteiger partial charge in [-0.05, 0) is 34.1 Å². The Morgan fingerprint density at radius 3 is 2.72 bits per heavy atom. The summed E-state index contributed by atoms with van der Waals surface area (Å²) in [5.74, 6) is -0.160. The van der Waals surface area contributed by atoms with Crippen LogP contribution in [0.3, 0.4) is 0 Å². The Kier molecular flexibility index (Phi) is 5.46. The monoisotopic (exact) mass is 434 g/mol. The molecule has 3 rings (SSSR count). The van der Waals surface area contributed by atoms with Crippen molar-refractivity contribution >= 4 is 39.7 Å². The minimum absolute atomic E-state index is 0. The molecule has 0 amide bonds. The van der Waals surface area contributed by atoms with Crippen molar-refractivity contribution in [3.05, 3.63) is 51.3 Å². The van der Waals surface area contributed by atoms with E-state index in [-0.39, 0.29) is 47.2 Å². The van der Waals surface area contributed by atoms with Gasteiger partial charge in [-0.15, -0.1) is 12.4 Å². The maximum absolute atomic E-state index is 13.4. The third kappa shape index (κ3) is 3.38. The number of para-hydroxylation sites is 1. The minimum atomic E-state index is -4.61. The molecule has 1 aromatic rings. The highest BCUT2D eigenvalue weighted by atomic mass is 79.9. The van der Waals surface area contributed by atoms with Crippen LogP contribution >= 0.6 is 28.3 Å². The van der Waals surface area contributed by atoms with Crippen LogP contribution in [0.15, 0.2) is 50.8 Å². The lowest BCUT2D eigenvalue weighted by Crippen LogP contribution is -2.35. The molecule has 0 unspecified atom stereocenters. The smallest absolute Gasteiger partial charge is 0.383 e. The first-order chi connectivity index (χ1) is 11.3. The number of nitriles is 1. The molecule has 0 radical (unpaired) electrons. The van der Waals surface area contributed by atoms with Crippen LogP contribution < -0.4 is 10.7 Å². The van der Waals surface area contributed by atoms with E-state index in [1.54, 1.807) is 6.08 Å². The Morgan fingerprint density at radius 2 is 2.08 bits per heavy atom. The van der Waals surface area contributed by atoms with Crippen molar-refractivity contribution in [2.45, 2.75) is 6.18 Å². The summed E-state index contributed by atoms with van der Waals surface area (Å²) < 4.78 is 45.5. The van der Waals surface area contributed by atoms with Gasteiger partial charge in [0, 0.05) is 10.0 Å². The van der Waals surface area contributed by atoms with Gasteiger partial charge in [-0.3, -0.25) is 0 Å². The zero-order valence-electron chi connectivity index (χ0n) is 12.5. The number of hydrazone groups is 1. The van der Waals surface area contributed by atoms with E-state index in [4.69, 9.17) is 10.5 Å². The minimum Gasteiger partial charge on any atom is -0.383 e. The number of nitrogens with two attached hydrogens (primary N) is 1. The van der Waals surface area contributed by atoms with E-state index in [0.717, 1.165) is 11.1 Å². The molecule has 0 aliphatic carbocycles. The Hall–Kier alpha value is -2.02. The Labute approximate surface area is 155 Å². The van der Waals surface area contributed by atoms with Crippen molar-refractivity contribution in [2.24, 2.45) is 10.8 Å². The molecule has 1 aromatic carbocycles. The van der Waals surface area contributed by atoms with Crippen LogP contribution in [0.1, 0.15) is 5.56 Å². The fourth-order valence-electron chi connectivity index (χ4n) is 2.49. The van der Waals surface area contributed by atoms with E-state index >= 15 is 0 Å². The van der Waals surface area contributed by atoms with Crippen LogP contribution in [0.5, 0.6) is 0 Å². The van der Waals surface area contributed by atoms with Gasteiger partial charge in [0.25, 0.3) is 0 Å². The van der Waals surface area contributed by atoms with E-state index in [2.05, 4.69) is 21.0 Å². The molecule has 2 heterocycles. The molecule has 2 aliphatic rings. The number of nitrogens with zero attached hydrogens (tertiary/aromatic N) is 3. The second-order valence-corrected chi connectivity index (χ2v) is 5.85. The second kappa shape index (κ2) is 7.07. The van der Waals surface area contributed by atoms with Gasteiger partial charge >= 0.3 is 6.18 Å². The molecule has 5 nitrogen and oxygen atoms in total. The Bertz CT molecular complexity index is 842. The van der Waals surface area contributed by atoms with Crippen LogP contribution in [-0.2, 0) is 10.9 Å². The topological polar surface area (TPSA) is 74.6 Å². The first-order valence-corrected chi connectivity index (χ1v) is 7.55. The average Bonchev–Trinajstić information content (AvgIpc) is 2.53.